The minimum Gasteiger partial charge on any atom is -0.354 e. The highest BCUT2D eigenvalue weighted by Crippen LogP contribution is 2.16. The number of carbonyl (C=O) groups excluding carboxylic acids is 1. The van der Waals surface area contributed by atoms with E-state index < -0.39 is 6.04 Å². The lowest BCUT2D eigenvalue weighted by Gasteiger charge is -2.18. The second-order valence-corrected chi connectivity index (χ2v) is 6.46. The lowest BCUT2D eigenvalue weighted by Crippen LogP contribution is -2.36. The molecule has 8 heteroatoms. The van der Waals surface area contributed by atoms with Crippen molar-refractivity contribution in [1.29, 1.82) is 0 Å². The first-order valence-corrected chi connectivity index (χ1v) is 8.61. The summed E-state index contributed by atoms with van der Waals surface area (Å²) in [5.41, 5.74) is 0.858. The smallest absolute Gasteiger partial charge is 0.245 e. The summed E-state index contributed by atoms with van der Waals surface area (Å²) in [7, 11) is 0. The first kappa shape index (κ1) is 17.5. The van der Waals surface area contributed by atoms with Gasteiger partial charge < -0.3 is 10.6 Å². The van der Waals surface area contributed by atoms with E-state index in [1.165, 1.54) is 16.8 Å². The number of benzene rings is 1. The van der Waals surface area contributed by atoms with Crippen molar-refractivity contribution in [3.05, 3.63) is 41.5 Å². The molecule has 1 aliphatic heterocycles. The zero-order valence-electron chi connectivity index (χ0n) is 14.3. The molecule has 2 heterocycles. The Morgan fingerprint density at radius 3 is 2.88 bits per heavy atom. The van der Waals surface area contributed by atoms with Gasteiger partial charge in [0.25, 0.3) is 0 Å². The Morgan fingerprint density at radius 1 is 1.44 bits per heavy atom. The molecule has 1 aromatic carbocycles. The predicted molar refractivity (Wildman–Crippen MR) is 90.3 cm³/mol. The summed E-state index contributed by atoms with van der Waals surface area (Å²) in [6.07, 6.45) is 2.51. The second kappa shape index (κ2) is 8.15. The van der Waals surface area contributed by atoms with Crippen LogP contribution in [0.15, 0.2) is 24.3 Å². The van der Waals surface area contributed by atoms with E-state index in [0.29, 0.717) is 24.7 Å². The molecule has 2 atom stereocenters. The number of rotatable bonds is 7. The van der Waals surface area contributed by atoms with Crippen molar-refractivity contribution in [2.75, 3.05) is 19.6 Å². The standard InChI is InChI=1S/C17H23FN6O/c1-12-21-22-23-24(12)16(10-13-2-4-15(18)5-3-13)17(25)20-9-7-14-6-8-19-11-14/h2-5,14,16,19H,6-11H2,1H3,(H,20,25). The van der Waals surface area contributed by atoms with Crippen molar-refractivity contribution in [1.82, 2.24) is 30.8 Å². The fraction of sp³-hybridized carbons (Fsp3) is 0.529. The molecule has 7 nitrogen and oxygen atoms in total. The molecule has 0 bridgehead atoms. The number of amides is 1. The van der Waals surface area contributed by atoms with Crippen LogP contribution in [0.5, 0.6) is 0 Å². The van der Waals surface area contributed by atoms with Gasteiger partial charge in [-0.2, -0.15) is 0 Å². The number of hydrogen-bond acceptors (Lipinski definition) is 5. The summed E-state index contributed by atoms with van der Waals surface area (Å²) in [6.45, 7) is 4.46. The average molecular weight is 346 g/mol. The zero-order chi connectivity index (χ0) is 17.6. The molecule has 25 heavy (non-hydrogen) atoms. The van der Waals surface area contributed by atoms with Gasteiger partial charge in [0.2, 0.25) is 5.91 Å². The molecule has 1 amide bonds. The van der Waals surface area contributed by atoms with Gasteiger partial charge in [-0.25, -0.2) is 9.07 Å². The summed E-state index contributed by atoms with van der Waals surface area (Å²) < 4.78 is 14.6. The van der Waals surface area contributed by atoms with Crippen LogP contribution in [0.2, 0.25) is 0 Å². The van der Waals surface area contributed by atoms with Gasteiger partial charge >= 0.3 is 0 Å². The van der Waals surface area contributed by atoms with Crippen LogP contribution in [0.25, 0.3) is 0 Å². The largest absolute Gasteiger partial charge is 0.354 e. The molecule has 0 spiro atoms. The van der Waals surface area contributed by atoms with Crippen molar-refractivity contribution in [2.24, 2.45) is 5.92 Å². The Kier molecular flexibility index (Phi) is 5.70. The number of carbonyl (C=O) groups is 1. The van der Waals surface area contributed by atoms with Gasteiger partial charge in [0.05, 0.1) is 0 Å². The highest BCUT2D eigenvalue weighted by molar-refractivity contribution is 5.80. The summed E-state index contributed by atoms with van der Waals surface area (Å²) in [6, 6.07) is 5.59. The molecule has 2 aromatic rings. The first-order valence-electron chi connectivity index (χ1n) is 8.61. The third-order valence-corrected chi connectivity index (χ3v) is 4.61. The number of aromatic nitrogens is 4. The van der Waals surface area contributed by atoms with Crippen LogP contribution < -0.4 is 10.6 Å². The highest BCUT2D eigenvalue weighted by atomic mass is 19.1. The normalized spacial score (nSPS) is 18.2. The van der Waals surface area contributed by atoms with E-state index in [-0.39, 0.29) is 11.7 Å². The maximum absolute atomic E-state index is 13.1. The number of hydrogen-bond donors (Lipinski definition) is 2. The quantitative estimate of drug-likeness (QED) is 0.782. The minimum atomic E-state index is -0.554. The van der Waals surface area contributed by atoms with Crippen LogP contribution in [0, 0.1) is 18.7 Å². The molecular formula is C17H23FN6O. The van der Waals surface area contributed by atoms with Gasteiger partial charge in [0, 0.05) is 13.0 Å². The van der Waals surface area contributed by atoms with Crippen molar-refractivity contribution in [3.63, 3.8) is 0 Å². The third-order valence-electron chi connectivity index (χ3n) is 4.61. The fourth-order valence-corrected chi connectivity index (χ4v) is 3.14. The molecule has 1 aliphatic rings. The monoisotopic (exact) mass is 346 g/mol. The first-order chi connectivity index (χ1) is 12.1. The molecule has 2 unspecified atom stereocenters. The van der Waals surface area contributed by atoms with E-state index in [0.717, 1.165) is 31.5 Å². The number of halogens is 1. The molecular weight excluding hydrogens is 323 g/mol. The molecule has 0 saturated carbocycles. The molecule has 2 N–H and O–H groups in total. The van der Waals surface area contributed by atoms with Gasteiger partial charge in [0.15, 0.2) is 0 Å². The lowest BCUT2D eigenvalue weighted by atomic mass is 10.0. The highest BCUT2D eigenvalue weighted by Gasteiger charge is 2.24. The fourth-order valence-electron chi connectivity index (χ4n) is 3.14. The second-order valence-electron chi connectivity index (χ2n) is 6.46. The van der Waals surface area contributed by atoms with Crippen molar-refractivity contribution in [3.8, 4) is 0 Å². The number of aryl methyl sites for hydroxylation is 1. The Hall–Kier alpha value is -2.35. The van der Waals surface area contributed by atoms with Crippen LogP contribution >= 0.6 is 0 Å². The minimum absolute atomic E-state index is 0.120. The summed E-state index contributed by atoms with van der Waals surface area (Å²) >= 11 is 0. The van der Waals surface area contributed by atoms with Gasteiger partial charge in [-0.15, -0.1) is 5.10 Å². The molecule has 134 valence electrons. The molecule has 1 fully saturated rings. The van der Waals surface area contributed by atoms with Crippen LogP contribution in [-0.2, 0) is 11.2 Å². The van der Waals surface area contributed by atoms with E-state index >= 15 is 0 Å². The van der Waals surface area contributed by atoms with Crippen molar-refractivity contribution < 1.29 is 9.18 Å². The molecule has 0 aliphatic carbocycles. The van der Waals surface area contributed by atoms with Gasteiger partial charge in [0.1, 0.15) is 17.7 Å². The van der Waals surface area contributed by atoms with Crippen LogP contribution in [0.4, 0.5) is 4.39 Å². The van der Waals surface area contributed by atoms with Crippen molar-refractivity contribution in [2.45, 2.75) is 32.2 Å². The molecule has 1 saturated heterocycles. The lowest BCUT2D eigenvalue weighted by molar-refractivity contribution is -0.124. The third kappa shape index (κ3) is 4.60. The van der Waals surface area contributed by atoms with Gasteiger partial charge in [-0.05, 0) is 66.9 Å². The van der Waals surface area contributed by atoms with E-state index in [1.807, 2.05) is 0 Å². The van der Waals surface area contributed by atoms with Gasteiger partial charge in [-0.3, -0.25) is 4.79 Å². The van der Waals surface area contributed by atoms with E-state index in [9.17, 15) is 9.18 Å². The van der Waals surface area contributed by atoms with Crippen molar-refractivity contribution >= 4 is 5.91 Å². The van der Waals surface area contributed by atoms with Crippen LogP contribution in [-0.4, -0.2) is 45.7 Å². The molecule has 3 rings (SSSR count). The van der Waals surface area contributed by atoms with E-state index in [1.54, 1.807) is 19.1 Å². The summed E-state index contributed by atoms with van der Waals surface area (Å²) in [5.74, 6) is 0.770. The van der Waals surface area contributed by atoms with Crippen LogP contribution in [0.1, 0.15) is 30.3 Å². The predicted octanol–water partition coefficient (Wildman–Crippen LogP) is 1.02. The van der Waals surface area contributed by atoms with Crippen LogP contribution in [0.3, 0.4) is 0 Å². The Bertz CT molecular complexity index is 695. The zero-order valence-corrected chi connectivity index (χ0v) is 14.3. The average Bonchev–Trinajstić information content (AvgIpc) is 3.26. The maximum atomic E-state index is 13.1. The van der Waals surface area contributed by atoms with E-state index in [4.69, 9.17) is 0 Å². The van der Waals surface area contributed by atoms with Gasteiger partial charge in [-0.1, -0.05) is 12.1 Å². The SMILES string of the molecule is Cc1nnnn1C(Cc1ccc(F)cc1)C(=O)NCCC1CCNC1. The van der Waals surface area contributed by atoms with E-state index in [2.05, 4.69) is 26.2 Å². The Labute approximate surface area is 146 Å². The summed E-state index contributed by atoms with van der Waals surface area (Å²) in [5, 5.41) is 17.8. The molecule has 0 radical (unpaired) electrons. The number of nitrogens with zero attached hydrogens (tertiary/aromatic N) is 4. The number of tetrazole rings is 1. The summed E-state index contributed by atoms with van der Waals surface area (Å²) in [4.78, 5) is 12.7. The molecule has 1 aromatic heterocycles. The Morgan fingerprint density at radius 2 is 2.24 bits per heavy atom. The maximum Gasteiger partial charge on any atom is 0.245 e. The number of nitrogens with one attached hydrogen (secondary N) is 2. The topological polar surface area (TPSA) is 84.7 Å². The Balaban J connectivity index is 1.66.